The quantitative estimate of drug-likeness (QED) is 0.893. The van der Waals surface area contributed by atoms with E-state index in [1.165, 1.54) is 18.5 Å². The van der Waals surface area contributed by atoms with Crippen LogP contribution in [0.5, 0.6) is 0 Å². The number of rotatable bonds is 4. The number of aromatic nitrogens is 4. The molecule has 1 saturated carbocycles. The molecule has 2 aromatic rings. The van der Waals surface area contributed by atoms with E-state index in [-0.39, 0.29) is 6.03 Å². The summed E-state index contributed by atoms with van der Waals surface area (Å²) in [7, 11) is 4.06. The Balaban J connectivity index is 1.34. The van der Waals surface area contributed by atoms with E-state index in [0.717, 1.165) is 25.9 Å². The third-order valence-corrected chi connectivity index (χ3v) is 5.07. The number of piperidine rings is 1. The van der Waals surface area contributed by atoms with Gasteiger partial charge >= 0.3 is 6.03 Å². The fourth-order valence-electron chi connectivity index (χ4n) is 3.44. The summed E-state index contributed by atoms with van der Waals surface area (Å²) in [5.74, 6) is 1.19. The first kappa shape index (κ1) is 16.1. The normalized spacial score (nSPS) is 19.1. The second-order valence-electron chi connectivity index (χ2n) is 7.17. The molecular formula is C17H25N7O. The smallest absolute Gasteiger partial charge is 0.306 e. The van der Waals surface area contributed by atoms with Crippen LogP contribution in [-0.2, 0) is 7.05 Å². The van der Waals surface area contributed by atoms with Gasteiger partial charge in [0.2, 0.25) is 0 Å². The summed E-state index contributed by atoms with van der Waals surface area (Å²) >= 11 is 0. The monoisotopic (exact) mass is 343 g/mol. The first-order valence-corrected chi connectivity index (χ1v) is 8.93. The first-order valence-electron chi connectivity index (χ1n) is 8.93. The van der Waals surface area contributed by atoms with Gasteiger partial charge in [-0.25, -0.2) is 4.79 Å². The molecule has 2 N–H and O–H groups in total. The summed E-state index contributed by atoms with van der Waals surface area (Å²) in [5.41, 5.74) is 1.89. The number of aryl methyl sites for hydroxylation is 1. The lowest BCUT2D eigenvalue weighted by Crippen LogP contribution is -2.31. The number of hydrogen-bond acceptors (Lipinski definition) is 4. The second-order valence-corrected chi connectivity index (χ2v) is 7.17. The second kappa shape index (κ2) is 6.51. The fraction of sp³-hybridized carbons (Fsp3) is 0.588. The molecule has 2 amide bonds. The van der Waals surface area contributed by atoms with Crippen molar-refractivity contribution < 1.29 is 4.79 Å². The Kier molecular flexibility index (Phi) is 4.20. The van der Waals surface area contributed by atoms with Crippen molar-refractivity contribution in [3.63, 3.8) is 0 Å². The van der Waals surface area contributed by atoms with Crippen molar-refractivity contribution in [1.82, 2.24) is 24.5 Å². The van der Waals surface area contributed by atoms with Gasteiger partial charge in [0.15, 0.2) is 5.82 Å². The van der Waals surface area contributed by atoms with Crippen LogP contribution < -0.4 is 10.6 Å². The molecule has 1 saturated heterocycles. The lowest BCUT2D eigenvalue weighted by Gasteiger charge is -2.28. The van der Waals surface area contributed by atoms with Crippen molar-refractivity contribution in [1.29, 1.82) is 0 Å². The van der Waals surface area contributed by atoms with Gasteiger partial charge in [-0.1, -0.05) is 0 Å². The molecule has 2 aromatic heterocycles. The third kappa shape index (κ3) is 3.68. The molecule has 4 rings (SSSR count). The number of hydrogen-bond donors (Lipinski definition) is 2. The SMILES string of the molecule is CN1CCC(n2cc(NC(=O)Nc3cc(C4CC4)n(C)n3)cn2)CC1. The van der Waals surface area contributed by atoms with Crippen LogP contribution in [-0.4, -0.2) is 50.6 Å². The van der Waals surface area contributed by atoms with Crippen molar-refractivity contribution in [3.8, 4) is 0 Å². The zero-order valence-electron chi connectivity index (χ0n) is 14.8. The Hall–Kier alpha value is -2.35. The van der Waals surface area contributed by atoms with Crippen molar-refractivity contribution in [3.05, 3.63) is 24.2 Å². The molecule has 0 atom stereocenters. The summed E-state index contributed by atoms with van der Waals surface area (Å²) < 4.78 is 3.82. The molecule has 0 bridgehead atoms. The summed E-state index contributed by atoms with van der Waals surface area (Å²) in [6.45, 7) is 2.16. The van der Waals surface area contributed by atoms with E-state index in [0.29, 0.717) is 23.5 Å². The standard InChI is InChI=1S/C17H25N7O/c1-22-7-5-14(6-8-22)24-11-13(10-18-24)19-17(25)20-16-9-15(12-3-4-12)23(2)21-16/h9-12,14H,3-8H2,1-2H3,(H2,19,20,21,25). The zero-order valence-corrected chi connectivity index (χ0v) is 14.8. The van der Waals surface area contributed by atoms with Gasteiger partial charge in [0.1, 0.15) is 0 Å². The molecule has 0 radical (unpaired) electrons. The molecule has 1 aliphatic heterocycles. The highest BCUT2D eigenvalue weighted by Crippen LogP contribution is 2.40. The fourth-order valence-corrected chi connectivity index (χ4v) is 3.44. The third-order valence-electron chi connectivity index (χ3n) is 5.07. The lowest BCUT2D eigenvalue weighted by molar-refractivity contribution is 0.212. The van der Waals surface area contributed by atoms with Gasteiger partial charge in [-0.05, 0) is 45.8 Å². The lowest BCUT2D eigenvalue weighted by atomic mass is 10.1. The van der Waals surface area contributed by atoms with Crippen LogP contribution >= 0.6 is 0 Å². The largest absolute Gasteiger partial charge is 0.324 e. The van der Waals surface area contributed by atoms with Crippen molar-refractivity contribution in [2.24, 2.45) is 7.05 Å². The number of anilines is 2. The topological polar surface area (TPSA) is 80.0 Å². The minimum absolute atomic E-state index is 0.289. The first-order chi connectivity index (χ1) is 12.1. The molecule has 8 heteroatoms. The average molecular weight is 343 g/mol. The van der Waals surface area contributed by atoms with Crippen LogP contribution in [0.25, 0.3) is 0 Å². The maximum absolute atomic E-state index is 12.2. The van der Waals surface area contributed by atoms with E-state index < -0.39 is 0 Å². The van der Waals surface area contributed by atoms with Crippen LogP contribution in [0.1, 0.15) is 43.3 Å². The Bertz CT molecular complexity index is 753. The number of carbonyl (C=O) groups excluding carboxylic acids is 1. The summed E-state index contributed by atoms with van der Waals surface area (Å²) in [4.78, 5) is 14.5. The van der Waals surface area contributed by atoms with E-state index in [2.05, 4.69) is 32.8 Å². The number of carbonyl (C=O) groups is 1. The van der Waals surface area contributed by atoms with Crippen LogP contribution in [0.2, 0.25) is 0 Å². The molecule has 134 valence electrons. The molecule has 2 aliphatic rings. The van der Waals surface area contributed by atoms with E-state index in [4.69, 9.17) is 0 Å². The Morgan fingerprint density at radius 3 is 2.64 bits per heavy atom. The van der Waals surface area contributed by atoms with Crippen LogP contribution in [0.15, 0.2) is 18.5 Å². The Morgan fingerprint density at radius 2 is 1.92 bits per heavy atom. The maximum Gasteiger partial charge on any atom is 0.324 e. The van der Waals surface area contributed by atoms with Crippen LogP contribution in [0, 0.1) is 0 Å². The number of urea groups is 1. The molecule has 0 aromatic carbocycles. The molecule has 1 aliphatic carbocycles. The average Bonchev–Trinajstić information content (AvgIpc) is 3.21. The highest BCUT2D eigenvalue weighted by molar-refractivity contribution is 5.98. The number of amides is 2. The van der Waals surface area contributed by atoms with E-state index >= 15 is 0 Å². The molecular weight excluding hydrogens is 318 g/mol. The van der Waals surface area contributed by atoms with Crippen LogP contribution in [0.3, 0.4) is 0 Å². The van der Waals surface area contributed by atoms with Gasteiger partial charge in [-0.3, -0.25) is 14.7 Å². The molecule has 0 unspecified atom stereocenters. The van der Waals surface area contributed by atoms with Gasteiger partial charge in [-0.2, -0.15) is 10.2 Å². The maximum atomic E-state index is 12.2. The summed E-state index contributed by atoms with van der Waals surface area (Å²) in [6, 6.07) is 2.08. The summed E-state index contributed by atoms with van der Waals surface area (Å²) in [6.07, 6.45) is 8.20. The molecule has 2 fully saturated rings. The highest BCUT2D eigenvalue weighted by atomic mass is 16.2. The number of nitrogens with zero attached hydrogens (tertiary/aromatic N) is 5. The predicted octanol–water partition coefficient (Wildman–Crippen LogP) is 2.40. The molecule has 25 heavy (non-hydrogen) atoms. The van der Waals surface area contributed by atoms with E-state index in [1.807, 2.05) is 28.7 Å². The van der Waals surface area contributed by atoms with Crippen molar-refractivity contribution in [2.75, 3.05) is 30.8 Å². The van der Waals surface area contributed by atoms with Gasteiger partial charge < -0.3 is 10.2 Å². The highest BCUT2D eigenvalue weighted by Gasteiger charge is 2.27. The molecule has 3 heterocycles. The molecule has 8 nitrogen and oxygen atoms in total. The molecule has 0 spiro atoms. The van der Waals surface area contributed by atoms with Crippen molar-refractivity contribution >= 4 is 17.5 Å². The van der Waals surface area contributed by atoms with Gasteiger partial charge in [0.05, 0.1) is 17.9 Å². The predicted molar refractivity (Wildman–Crippen MR) is 95.8 cm³/mol. The van der Waals surface area contributed by atoms with E-state index in [1.54, 1.807) is 6.20 Å². The van der Waals surface area contributed by atoms with Crippen LogP contribution in [0.4, 0.5) is 16.3 Å². The zero-order chi connectivity index (χ0) is 17.4. The van der Waals surface area contributed by atoms with Crippen molar-refractivity contribution in [2.45, 2.75) is 37.6 Å². The van der Waals surface area contributed by atoms with E-state index in [9.17, 15) is 4.79 Å². The van der Waals surface area contributed by atoms with Gasteiger partial charge in [0.25, 0.3) is 0 Å². The Labute approximate surface area is 147 Å². The van der Waals surface area contributed by atoms with Gasteiger partial charge in [-0.15, -0.1) is 0 Å². The minimum atomic E-state index is -0.289. The number of nitrogens with one attached hydrogen (secondary N) is 2. The summed E-state index contributed by atoms with van der Waals surface area (Å²) in [5, 5.41) is 14.4. The number of likely N-dealkylation sites (tertiary alicyclic amines) is 1. The minimum Gasteiger partial charge on any atom is -0.306 e. The Morgan fingerprint density at radius 1 is 1.16 bits per heavy atom. The van der Waals surface area contributed by atoms with Gasteiger partial charge in [0, 0.05) is 30.9 Å².